The van der Waals surface area contributed by atoms with Gasteiger partial charge in [0.1, 0.15) is 18.0 Å². The molecule has 0 bridgehead atoms. The minimum atomic E-state index is -0.128. The average molecular weight is 277 g/mol. The van der Waals surface area contributed by atoms with Crippen LogP contribution >= 0.6 is 0 Å². The Kier molecular flexibility index (Phi) is 5.58. The quantitative estimate of drug-likeness (QED) is 0.747. The van der Waals surface area contributed by atoms with Gasteiger partial charge in [0.2, 0.25) is 5.91 Å². The van der Waals surface area contributed by atoms with E-state index in [2.05, 4.69) is 5.32 Å². The van der Waals surface area contributed by atoms with E-state index < -0.39 is 0 Å². The van der Waals surface area contributed by atoms with Gasteiger partial charge in [-0.2, -0.15) is 0 Å². The average Bonchev–Trinajstić information content (AvgIpc) is 2.86. The summed E-state index contributed by atoms with van der Waals surface area (Å²) in [6.45, 7) is 1.51. The Morgan fingerprint density at radius 1 is 1.30 bits per heavy atom. The molecule has 0 unspecified atom stereocenters. The van der Waals surface area contributed by atoms with Gasteiger partial charge in [-0.25, -0.2) is 0 Å². The topological polar surface area (TPSA) is 60.7 Å². The van der Waals surface area contributed by atoms with Gasteiger partial charge in [0.15, 0.2) is 0 Å². The van der Waals surface area contributed by atoms with Crippen molar-refractivity contribution in [1.82, 2.24) is 5.32 Å². The van der Waals surface area contributed by atoms with Gasteiger partial charge in [-0.1, -0.05) is 18.2 Å². The largest absolute Gasteiger partial charge is 0.461 e. The number of amides is 1. The molecule has 0 aliphatic heterocycles. The number of nitrogens with one attached hydrogen (secondary N) is 1. The summed E-state index contributed by atoms with van der Waals surface area (Å²) >= 11 is 0. The van der Waals surface area contributed by atoms with Gasteiger partial charge < -0.3 is 19.2 Å². The summed E-state index contributed by atoms with van der Waals surface area (Å²) in [5, 5.41) is 3.87. The Morgan fingerprint density at radius 3 is 2.95 bits per heavy atom. The summed E-state index contributed by atoms with van der Waals surface area (Å²) in [5.74, 6) is 0.740. The lowest BCUT2D eigenvalue weighted by molar-refractivity contribution is -0.126. The molecule has 0 spiro atoms. The molecule has 1 amide bonds. The summed E-state index contributed by atoms with van der Waals surface area (Å²) in [7, 11) is 1.59. The van der Waals surface area contributed by atoms with Crippen LogP contribution < -0.4 is 5.32 Å². The van der Waals surface area contributed by atoms with E-state index in [1.54, 1.807) is 7.11 Å². The van der Waals surface area contributed by atoms with Gasteiger partial charge in [-0.05, 0) is 12.1 Å². The van der Waals surface area contributed by atoms with Crippen molar-refractivity contribution < 1.29 is 18.7 Å². The normalized spacial score (nSPS) is 10.8. The van der Waals surface area contributed by atoms with Crippen molar-refractivity contribution in [2.75, 3.05) is 33.5 Å². The molecule has 1 aromatic heterocycles. The molecule has 0 aliphatic carbocycles. The lowest BCUT2D eigenvalue weighted by Gasteiger charge is -2.04. The number of para-hydroxylation sites is 1. The molecule has 0 radical (unpaired) electrons. The predicted octanol–water partition coefficient (Wildman–Crippen LogP) is 1.75. The smallest absolute Gasteiger partial charge is 0.246 e. The van der Waals surface area contributed by atoms with Gasteiger partial charge in [0.05, 0.1) is 13.2 Å². The molecule has 1 heterocycles. The molecular formula is C15H19NO4. The highest BCUT2D eigenvalue weighted by atomic mass is 16.5. The number of methoxy groups -OCH3 is 1. The van der Waals surface area contributed by atoms with Crippen molar-refractivity contribution in [3.05, 3.63) is 36.1 Å². The first-order valence-corrected chi connectivity index (χ1v) is 6.60. The second kappa shape index (κ2) is 7.67. The third-order valence-electron chi connectivity index (χ3n) is 2.84. The molecule has 0 fully saturated rings. The summed E-state index contributed by atoms with van der Waals surface area (Å²) in [6.07, 6.45) is 0.665. The summed E-state index contributed by atoms with van der Waals surface area (Å²) < 4.78 is 15.6. The van der Waals surface area contributed by atoms with Crippen LogP contribution in [0.1, 0.15) is 5.76 Å². The van der Waals surface area contributed by atoms with Crippen LogP contribution in [0.3, 0.4) is 0 Å². The van der Waals surface area contributed by atoms with Crippen molar-refractivity contribution in [2.45, 2.75) is 6.42 Å². The van der Waals surface area contributed by atoms with Gasteiger partial charge in [0, 0.05) is 25.5 Å². The minimum absolute atomic E-state index is 0.0590. The molecule has 2 rings (SSSR count). The number of carbonyl (C=O) groups is 1. The molecule has 0 aliphatic rings. The van der Waals surface area contributed by atoms with E-state index in [1.165, 1.54) is 0 Å². The van der Waals surface area contributed by atoms with Crippen LogP contribution in [0.2, 0.25) is 0 Å². The van der Waals surface area contributed by atoms with E-state index in [-0.39, 0.29) is 12.5 Å². The van der Waals surface area contributed by atoms with Crippen LogP contribution in [0.5, 0.6) is 0 Å². The SMILES string of the molecule is COCCOCC(=O)NCCc1cc2ccccc2o1. The molecular weight excluding hydrogens is 258 g/mol. The number of hydrogen-bond donors (Lipinski definition) is 1. The highest BCUT2D eigenvalue weighted by Gasteiger charge is 2.04. The van der Waals surface area contributed by atoms with Crippen molar-refractivity contribution in [2.24, 2.45) is 0 Å². The van der Waals surface area contributed by atoms with E-state index in [4.69, 9.17) is 13.9 Å². The molecule has 0 atom stereocenters. The van der Waals surface area contributed by atoms with Crippen LogP contribution in [0, 0.1) is 0 Å². The van der Waals surface area contributed by atoms with Gasteiger partial charge >= 0.3 is 0 Å². The lowest BCUT2D eigenvalue weighted by atomic mass is 10.2. The van der Waals surface area contributed by atoms with Gasteiger partial charge in [0.25, 0.3) is 0 Å². The van der Waals surface area contributed by atoms with Gasteiger partial charge in [-0.3, -0.25) is 4.79 Å². The molecule has 5 heteroatoms. The molecule has 1 N–H and O–H groups in total. The van der Waals surface area contributed by atoms with Crippen LogP contribution in [-0.2, 0) is 20.7 Å². The molecule has 0 saturated carbocycles. The second-order valence-electron chi connectivity index (χ2n) is 4.40. The second-order valence-corrected chi connectivity index (χ2v) is 4.40. The van der Waals surface area contributed by atoms with E-state index in [9.17, 15) is 4.79 Å². The standard InChI is InChI=1S/C15H19NO4/c1-18-8-9-19-11-15(17)16-7-6-13-10-12-4-2-3-5-14(12)20-13/h2-5,10H,6-9,11H2,1H3,(H,16,17). The Balaban J connectivity index is 1.68. The van der Waals surface area contributed by atoms with E-state index in [0.29, 0.717) is 26.2 Å². The van der Waals surface area contributed by atoms with Crippen LogP contribution in [0.4, 0.5) is 0 Å². The number of hydrogen-bond acceptors (Lipinski definition) is 4. The summed E-state index contributed by atoms with van der Waals surface area (Å²) in [4.78, 5) is 11.5. The molecule has 1 aromatic carbocycles. The Hall–Kier alpha value is -1.85. The first-order valence-electron chi connectivity index (χ1n) is 6.60. The number of carbonyl (C=O) groups excluding carboxylic acids is 1. The first kappa shape index (κ1) is 14.6. The fourth-order valence-electron chi connectivity index (χ4n) is 1.84. The number of fused-ring (bicyclic) bond motifs is 1. The Bertz CT molecular complexity index is 517. The van der Waals surface area contributed by atoms with E-state index in [0.717, 1.165) is 16.7 Å². The van der Waals surface area contributed by atoms with E-state index >= 15 is 0 Å². The zero-order valence-corrected chi connectivity index (χ0v) is 11.6. The van der Waals surface area contributed by atoms with Crippen LogP contribution in [0.15, 0.2) is 34.7 Å². The van der Waals surface area contributed by atoms with Crippen molar-refractivity contribution in [1.29, 1.82) is 0 Å². The first-order chi connectivity index (χ1) is 9.79. The minimum Gasteiger partial charge on any atom is -0.461 e. The molecule has 108 valence electrons. The van der Waals surface area contributed by atoms with Crippen LogP contribution in [-0.4, -0.2) is 39.4 Å². The zero-order valence-electron chi connectivity index (χ0n) is 11.6. The fraction of sp³-hybridized carbons (Fsp3) is 0.400. The fourth-order valence-corrected chi connectivity index (χ4v) is 1.84. The van der Waals surface area contributed by atoms with Crippen molar-refractivity contribution >= 4 is 16.9 Å². The molecule has 0 saturated heterocycles. The maximum Gasteiger partial charge on any atom is 0.246 e. The van der Waals surface area contributed by atoms with Crippen molar-refractivity contribution in [3.63, 3.8) is 0 Å². The number of furan rings is 1. The Labute approximate surface area is 117 Å². The third-order valence-corrected chi connectivity index (χ3v) is 2.84. The lowest BCUT2D eigenvalue weighted by Crippen LogP contribution is -2.29. The number of ether oxygens (including phenoxy) is 2. The van der Waals surface area contributed by atoms with Gasteiger partial charge in [-0.15, -0.1) is 0 Å². The number of benzene rings is 1. The highest BCUT2D eigenvalue weighted by Crippen LogP contribution is 2.18. The zero-order chi connectivity index (χ0) is 14.2. The Morgan fingerprint density at radius 2 is 2.15 bits per heavy atom. The molecule has 2 aromatic rings. The highest BCUT2D eigenvalue weighted by molar-refractivity contribution is 5.78. The maximum absolute atomic E-state index is 11.5. The van der Waals surface area contributed by atoms with Crippen LogP contribution in [0.25, 0.3) is 11.0 Å². The third kappa shape index (κ3) is 4.36. The van der Waals surface area contributed by atoms with E-state index in [1.807, 2.05) is 30.3 Å². The summed E-state index contributed by atoms with van der Waals surface area (Å²) in [6, 6.07) is 9.84. The predicted molar refractivity (Wildman–Crippen MR) is 75.6 cm³/mol. The summed E-state index contributed by atoms with van der Waals surface area (Å²) in [5.41, 5.74) is 0.872. The number of rotatable bonds is 8. The molecule has 5 nitrogen and oxygen atoms in total. The van der Waals surface area contributed by atoms with Crippen molar-refractivity contribution in [3.8, 4) is 0 Å². The molecule has 20 heavy (non-hydrogen) atoms. The maximum atomic E-state index is 11.5. The monoisotopic (exact) mass is 277 g/mol.